The van der Waals surface area contributed by atoms with Crippen molar-refractivity contribution in [3.63, 3.8) is 0 Å². The van der Waals surface area contributed by atoms with E-state index in [0.717, 1.165) is 0 Å². The standard InChI is InChI=1S/C11H15N5O3S/c1-7-13-9(4-10-14-15-11(17)16(7)10)12-5-8-2-3-20(18,19)6-8/h4,8,12H,2-3,5-6H2,1H3,(H,15,17). The van der Waals surface area contributed by atoms with Gasteiger partial charge in [0.05, 0.1) is 11.5 Å². The summed E-state index contributed by atoms with van der Waals surface area (Å²) in [7, 11) is -2.86. The molecule has 3 heterocycles. The molecule has 1 aliphatic rings. The van der Waals surface area contributed by atoms with E-state index in [9.17, 15) is 13.2 Å². The fourth-order valence-electron chi connectivity index (χ4n) is 2.47. The molecule has 0 saturated carbocycles. The molecule has 1 fully saturated rings. The molecule has 8 nitrogen and oxygen atoms in total. The lowest BCUT2D eigenvalue weighted by Gasteiger charge is -2.10. The van der Waals surface area contributed by atoms with Crippen molar-refractivity contribution in [3.05, 3.63) is 22.4 Å². The number of fused-ring (bicyclic) bond motifs is 1. The van der Waals surface area contributed by atoms with E-state index in [-0.39, 0.29) is 23.1 Å². The molecule has 0 amide bonds. The van der Waals surface area contributed by atoms with Crippen molar-refractivity contribution in [2.75, 3.05) is 23.4 Å². The molecule has 1 unspecified atom stereocenters. The molecule has 1 atom stereocenters. The Kier molecular flexibility index (Phi) is 3.00. The molecule has 2 N–H and O–H groups in total. The Balaban J connectivity index is 1.77. The Hall–Kier alpha value is -1.90. The van der Waals surface area contributed by atoms with Crippen molar-refractivity contribution in [3.8, 4) is 0 Å². The third kappa shape index (κ3) is 2.40. The lowest BCUT2D eigenvalue weighted by molar-refractivity contribution is 0.595. The van der Waals surface area contributed by atoms with Crippen molar-refractivity contribution < 1.29 is 8.42 Å². The zero-order valence-electron chi connectivity index (χ0n) is 11.0. The minimum absolute atomic E-state index is 0.111. The van der Waals surface area contributed by atoms with Gasteiger partial charge in [-0.15, -0.1) is 0 Å². The second kappa shape index (κ2) is 4.58. The average molecular weight is 297 g/mol. The van der Waals surface area contributed by atoms with Crippen molar-refractivity contribution in [1.82, 2.24) is 19.6 Å². The molecule has 20 heavy (non-hydrogen) atoms. The Morgan fingerprint density at radius 3 is 3.05 bits per heavy atom. The van der Waals surface area contributed by atoms with Crippen LogP contribution in [-0.4, -0.2) is 46.1 Å². The summed E-state index contributed by atoms with van der Waals surface area (Å²) in [4.78, 5) is 15.7. The van der Waals surface area contributed by atoms with Crippen LogP contribution in [0.2, 0.25) is 0 Å². The van der Waals surface area contributed by atoms with E-state index in [1.807, 2.05) is 0 Å². The minimum atomic E-state index is -2.86. The first-order chi connectivity index (χ1) is 9.44. The van der Waals surface area contributed by atoms with Crippen molar-refractivity contribution in [2.45, 2.75) is 13.3 Å². The molecule has 1 saturated heterocycles. The van der Waals surface area contributed by atoms with Crippen LogP contribution in [0.4, 0.5) is 5.82 Å². The number of aromatic amines is 1. The number of rotatable bonds is 3. The molecule has 0 aliphatic carbocycles. The van der Waals surface area contributed by atoms with E-state index in [2.05, 4.69) is 20.5 Å². The van der Waals surface area contributed by atoms with E-state index < -0.39 is 9.84 Å². The average Bonchev–Trinajstić information content (AvgIpc) is 2.90. The lowest BCUT2D eigenvalue weighted by Crippen LogP contribution is -2.18. The zero-order chi connectivity index (χ0) is 14.3. The van der Waals surface area contributed by atoms with Gasteiger partial charge in [0, 0.05) is 12.6 Å². The van der Waals surface area contributed by atoms with Crippen LogP contribution in [0.15, 0.2) is 10.9 Å². The van der Waals surface area contributed by atoms with Crippen LogP contribution in [0.3, 0.4) is 0 Å². The fraction of sp³-hybridized carbons (Fsp3) is 0.545. The van der Waals surface area contributed by atoms with Gasteiger partial charge in [-0.25, -0.2) is 27.7 Å². The summed E-state index contributed by atoms with van der Waals surface area (Å²) >= 11 is 0. The summed E-state index contributed by atoms with van der Waals surface area (Å²) in [5.41, 5.74) is 0.169. The van der Waals surface area contributed by atoms with Crippen LogP contribution >= 0.6 is 0 Å². The Labute approximate surface area is 115 Å². The van der Waals surface area contributed by atoms with Crippen LogP contribution < -0.4 is 11.0 Å². The van der Waals surface area contributed by atoms with E-state index in [0.29, 0.717) is 30.3 Å². The van der Waals surface area contributed by atoms with Gasteiger partial charge in [-0.1, -0.05) is 0 Å². The van der Waals surface area contributed by atoms with Crippen LogP contribution in [0.25, 0.3) is 5.65 Å². The van der Waals surface area contributed by atoms with Gasteiger partial charge in [0.1, 0.15) is 11.6 Å². The first kappa shape index (κ1) is 13.1. The summed E-state index contributed by atoms with van der Waals surface area (Å²) in [5, 5.41) is 9.38. The Morgan fingerprint density at radius 2 is 2.35 bits per heavy atom. The first-order valence-corrected chi connectivity index (χ1v) is 8.16. The predicted molar refractivity (Wildman–Crippen MR) is 73.6 cm³/mol. The molecule has 0 aromatic carbocycles. The number of hydrogen-bond acceptors (Lipinski definition) is 6. The van der Waals surface area contributed by atoms with E-state index in [1.165, 1.54) is 4.40 Å². The quantitative estimate of drug-likeness (QED) is 0.796. The minimum Gasteiger partial charge on any atom is -0.370 e. The number of nitrogens with zero attached hydrogens (tertiary/aromatic N) is 3. The maximum Gasteiger partial charge on any atom is 0.349 e. The molecular weight excluding hydrogens is 282 g/mol. The number of hydrogen-bond donors (Lipinski definition) is 2. The van der Waals surface area contributed by atoms with Gasteiger partial charge in [-0.2, -0.15) is 5.10 Å². The maximum atomic E-state index is 11.5. The largest absolute Gasteiger partial charge is 0.370 e. The van der Waals surface area contributed by atoms with Gasteiger partial charge in [-0.3, -0.25) is 0 Å². The van der Waals surface area contributed by atoms with Crippen LogP contribution in [-0.2, 0) is 9.84 Å². The second-order valence-electron chi connectivity index (χ2n) is 5.06. The highest BCUT2D eigenvalue weighted by atomic mass is 32.2. The van der Waals surface area contributed by atoms with E-state index in [1.54, 1.807) is 13.0 Å². The smallest absolute Gasteiger partial charge is 0.349 e. The van der Waals surface area contributed by atoms with Crippen LogP contribution in [0.1, 0.15) is 12.2 Å². The SMILES string of the molecule is Cc1nc(NCC2CCS(=O)(=O)C2)cc2n[nH]c(=O)n12. The summed E-state index contributed by atoms with van der Waals surface area (Å²) in [6, 6.07) is 1.66. The van der Waals surface area contributed by atoms with Gasteiger partial charge in [-0.05, 0) is 19.3 Å². The predicted octanol–water partition coefficient (Wildman–Crippen LogP) is -0.427. The van der Waals surface area contributed by atoms with E-state index in [4.69, 9.17) is 0 Å². The highest BCUT2D eigenvalue weighted by Gasteiger charge is 2.27. The van der Waals surface area contributed by atoms with Gasteiger partial charge in [0.2, 0.25) is 0 Å². The molecule has 0 radical (unpaired) electrons. The molecule has 0 bridgehead atoms. The summed E-state index contributed by atoms with van der Waals surface area (Å²) in [5.74, 6) is 1.73. The summed E-state index contributed by atoms with van der Waals surface area (Å²) < 4.78 is 24.2. The van der Waals surface area contributed by atoms with Gasteiger partial charge in [0.15, 0.2) is 15.5 Å². The number of H-pyrrole nitrogens is 1. The molecule has 9 heteroatoms. The highest BCUT2D eigenvalue weighted by Crippen LogP contribution is 2.19. The molecule has 0 spiro atoms. The molecule has 108 valence electrons. The first-order valence-electron chi connectivity index (χ1n) is 6.34. The van der Waals surface area contributed by atoms with Crippen molar-refractivity contribution >= 4 is 21.3 Å². The number of aryl methyl sites for hydroxylation is 1. The number of anilines is 1. The third-order valence-corrected chi connectivity index (χ3v) is 5.31. The lowest BCUT2D eigenvalue weighted by atomic mass is 10.1. The Morgan fingerprint density at radius 1 is 1.55 bits per heavy atom. The van der Waals surface area contributed by atoms with Gasteiger partial charge in [0.25, 0.3) is 0 Å². The molecule has 3 rings (SSSR count). The van der Waals surface area contributed by atoms with Crippen molar-refractivity contribution in [1.29, 1.82) is 0 Å². The maximum absolute atomic E-state index is 11.5. The normalized spacial score (nSPS) is 21.4. The number of nitrogens with one attached hydrogen (secondary N) is 2. The Bertz CT molecular complexity index is 807. The fourth-order valence-corrected chi connectivity index (χ4v) is 4.33. The van der Waals surface area contributed by atoms with Gasteiger partial charge < -0.3 is 5.32 Å². The molecular formula is C11H15N5O3S. The van der Waals surface area contributed by atoms with Gasteiger partial charge >= 0.3 is 5.69 Å². The topological polar surface area (TPSA) is 109 Å². The number of sulfone groups is 1. The molecule has 2 aromatic rings. The molecule has 2 aromatic heterocycles. The van der Waals surface area contributed by atoms with Crippen LogP contribution in [0.5, 0.6) is 0 Å². The highest BCUT2D eigenvalue weighted by molar-refractivity contribution is 7.91. The molecule has 1 aliphatic heterocycles. The van der Waals surface area contributed by atoms with Crippen LogP contribution in [0, 0.1) is 12.8 Å². The number of aromatic nitrogens is 4. The van der Waals surface area contributed by atoms with E-state index >= 15 is 0 Å². The third-order valence-electron chi connectivity index (χ3n) is 3.47. The zero-order valence-corrected chi connectivity index (χ0v) is 11.8. The second-order valence-corrected chi connectivity index (χ2v) is 7.29. The monoisotopic (exact) mass is 297 g/mol. The summed E-state index contributed by atoms with van der Waals surface area (Å²) in [6.07, 6.45) is 0.679. The summed E-state index contributed by atoms with van der Waals surface area (Å²) in [6.45, 7) is 2.27. The van der Waals surface area contributed by atoms with Crippen molar-refractivity contribution in [2.24, 2.45) is 5.92 Å².